The molecule has 1 aliphatic rings. The molecule has 0 saturated carbocycles. The maximum absolute atomic E-state index is 10.1. The van der Waals surface area contributed by atoms with Crippen molar-refractivity contribution in [3.63, 3.8) is 0 Å². The molecule has 104 valence electrons. The highest BCUT2D eigenvalue weighted by Gasteiger charge is 2.29. The zero-order chi connectivity index (χ0) is 13.8. The van der Waals surface area contributed by atoms with Gasteiger partial charge in [-0.3, -0.25) is 10.3 Å². The number of aliphatic hydroxyl groups excluding tert-OH is 1. The molecule has 1 heterocycles. The number of hydrogen-bond acceptors (Lipinski definition) is 3. The molecule has 1 aliphatic heterocycles. The highest BCUT2D eigenvalue weighted by molar-refractivity contribution is 5.77. The summed E-state index contributed by atoms with van der Waals surface area (Å²) in [5.74, 6) is 0.548. The Morgan fingerprint density at radius 2 is 2.16 bits per heavy atom. The lowest BCUT2D eigenvalue weighted by Crippen LogP contribution is -2.45. The molecule has 0 aliphatic carbocycles. The van der Waals surface area contributed by atoms with Crippen LogP contribution in [0.1, 0.15) is 31.4 Å². The number of likely N-dealkylation sites (tertiary alicyclic amines) is 1. The molecule has 1 aromatic rings. The summed E-state index contributed by atoms with van der Waals surface area (Å²) in [5.41, 5.74) is 6.76. The van der Waals surface area contributed by atoms with Gasteiger partial charge in [-0.2, -0.15) is 0 Å². The molecule has 0 aromatic heterocycles. The van der Waals surface area contributed by atoms with Gasteiger partial charge in [0.2, 0.25) is 0 Å². The second-order valence-electron chi connectivity index (χ2n) is 5.48. The molecule has 0 radical (unpaired) electrons. The van der Waals surface area contributed by atoms with Crippen molar-refractivity contribution in [2.75, 3.05) is 13.1 Å². The van der Waals surface area contributed by atoms with Crippen LogP contribution in [0.4, 0.5) is 0 Å². The van der Waals surface area contributed by atoms with Crippen LogP contribution in [0.25, 0.3) is 0 Å². The van der Waals surface area contributed by atoms with Crippen LogP contribution in [0.5, 0.6) is 0 Å². The Morgan fingerprint density at radius 1 is 1.47 bits per heavy atom. The molecule has 0 amide bonds. The number of piperidine rings is 1. The molecule has 1 fully saturated rings. The fourth-order valence-corrected chi connectivity index (χ4v) is 2.70. The molecule has 4 nitrogen and oxygen atoms in total. The van der Waals surface area contributed by atoms with E-state index in [4.69, 9.17) is 11.1 Å². The molecule has 4 N–H and O–H groups in total. The van der Waals surface area contributed by atoms with Crippen molar-refractivity contribution >= 4 is 5.84 Å². The van der Waals surface area contributed by atoms with E-state index in [0.717, 1.165) is 13.0 Å². The average molecular weight is 261 g/mol. The van der Waals surface area contributed by atoms with Crippen LogP contribution in [0.15, 0.2) is 30.3 Å². The fraction of sp³-hybridized carbons (Fsp3) is 0.533. The number of nitrogens with one attached hydrogen (secondary N) is 1. The van der Waals surface area contributed by atoms with Crippen LogP contribution in [0, 0.1) is 11.3 Å². The molecule has 1 saturated heterocycles. The Morgan fingerprint density at radius 3 is 2.74 bits per heavy atom. The van der Waals surface area contributed by atoms with Gasteiger partial charge in [0, 0.05) is 19.0 Å². The van der Waals surface area contributed by atoms with Gasteiger partial charge in [-0.25, -0.2) is 0 Å². The Hall–Kier alpha value is -1.39. The highest BCUT2D eigenvalue weighted by atomic mass is 16.3. The summed E-state index contributed by atoms with van der Waals surface area (Å²) in [4.78, 5) is 2.25. The third-order valence-electron chi connectivity index (χ3n) is 3.99. The summed E-state index contributed by atoms with van der Waals surface area (Å²) >= 11 is 0. The predicted molar refractivity (Wildman–Crippen MR) is 77.1 cm³/mol. The largest absolute Gasteiger partial charge is 0.392 e. The van der Waals surface area contributed by atoms with Crippen LogP contribution < -0.4 is 5.73 Å². The fourth-order valence-electron chi connectivity index (χ4n) is 2.70. The van der Waals surface area contributed by atoms with Crippen molar-refractivity contribution in [3.8, 4) is 0 Å². The van der Waals surface area contributed by atoms with E-state index in [0.29, 0.717) is 18.9 Å². The maximum atomic E-state index is 10.1. The zero-order valence-corrected chi connectivity index (χ0v) is 11.4. The number of amidine groups is 1. The first-order chi connectivity index (χ1) is 9.08. The van der Waals surface area contributed by atoms with Crippen LogP contribution in [0.3, 0.4) is 0 Å². The lowest BCUT2D eigenvalue weighted by Gasteiger charge is -2.39. The van der Waals surface area contributed by atoms with E-state index in [1.54, 1.807) is 0 Å². The molecule has 4 heteroatoms. The van der Waals surface area contributed by atoms with Crippen LogP contribution in [0.2, 0.25) is 0 Å². The Labute approximate surface area is 114 Å². The monoisotopic (exact) mass is 261 g/mol. The van der Waals surface area contributed by atoms with E-state index in [9.17, 15) is 5.11 Å². The summed E-state index contributed by atoms with van der Waals surface area (Å²) < 4.78 is 0. The minimum absolute atomic E-state index is 0.0980. The average Bonchev–Trinajstić information content (AvgIpc) is 2.40. The number of benzene rings is 1. The smallest absolute Gasteiger partial charge is 0.0924 e. The van der Waals surface area contributed by atoms with Crippen molar-refractivity contribution in [1.29, 1.82) is 5.41 Å². The van der Waals surface area contributed by atoms with E-state index >= 15 is 0 Å². The standard InChI is InChI=1S/C15H23N3O/c1-11-7-8-18(10-14(11)19)13(9-15(16)17)12-5-3-2-4-6-12/h2-6,11,13-14,19H,7-10H2,1H3,(H3,16,17). The van der Waals surface area contributed by atoms with Gasteiger partial charge in [-0.1, -0.05) is 37.3 Å². The summed E-state index contributed by atoms with van der Waals surface area (Å²) in [6.45, 7) is 3.70. The van der Waals surface area contributed by atoms with Crippen LogP contribution in [-0.2, 0) is 0 Å². The Kier molecular flexibility index (Phi) is 4.56. The van der Waals surface area contributed by atoms with Gasteiger partial charge in [0.15, 0.2) is 0 Å². The molecular formula is C15H23N3O. The molecule has 0 spiro atoms. The number of nitrogens with two attached hydrogens (primary N) is 1. The van der Waals surface area contributed by atoms with E-state index in [2.05, 4.69) is 24.0 Å². The zero-order valence-electron chi connectivity index (χ0n) is 11.4. The minimum atomic E-state index is -0.285. The van der Waals surface area contributed by atoms with Crippen molar-refractivity contribution in [3.05, 3.63) is 35.9 Å². The summed E-state index contributed by atoms with van der Waals surface area (Å²) in [6.07, 6.45) is 1.22. The lowest BCUT2D eigenvalue weighted by atomic mass is 9.92. The van der Waals surface area contributed by atoms with Crippen LogP contribution >= 0.6 is 0 Å². The van der Waals surface area contributed by atoms with Crippen molar-refractivity contribution in [2.24, 2.45) is 11.7 Å². The first-order valence-corrected chi connectivity index (χ1v) is 6.88. The Bertz CT molecular complexity index is 421. The minimum Gasteiger partial charge on any atom is -0.392 e. The molecule has 3 atom stereocenters. The number of rotatable bonds is 4. The topological polar surface area (TPSA) is 73.3 Å². The van der Waals surface area contributed by atoms with E-state index in [-0.39, 0.29) is 18.0 Å². The molecular weight excluding hydrogens is 238 g/mol. The van der Waals surface area contributed by atoms with Gasteiger partial charge >= 0.3 is 0 Å². The van der Waals surface area contributed by atoms with Gasteiger partial charge < -0.3 is 10.8 Å². The Balaban J connectivity index is 2.16. The predicted octanol–water partition coefficient (Wildman–Crippen LogP) is 1.76. The van der Waals surface area contributed by atoms with E-state index in [1.165, 1.54) is 5.56 Å². The van der Waals surface area contributed by atoms with Gasteiger partial charge in [-0.15, -0.1) is 0 Å². The SMILES string of the molecule is CC1CCN(C(CC(=N)N)c2ccccc2)CC1O. The molecule has 0 bridgehead atoms. The van der Waals surface area contributed by atoms with Crippen LogP contribution in [-0.4, -0.2) is 35.0 Å². The summed E-state index contributed by atoms with van der Waals surface area (Å²) in [7, 11) is 0. The van der Waals surface area contributed by atoms with Gasteiger partial charge in [0.05, 0.1) is 11.9 Å². The summed E-state index contributed by atoms with van der Waals surface area (Å²) in [6, 6.07) is 10.2. The second-order valence-corrected chi connectivity index (χ2v) is 5.48. The van der Waals surface area contributed by atoms with E-state index < -0.39 is 0 Å². The highest BCUT2D eigenvalue weighted by Crippen LogP contribution is 2.29. The number of β-amino-alcohol motifs (C(OH)–C–C–N with tert-alkyl or cyclic N) is 1. The first kappa shape index (κ1) is 14.0. The van der Waals surface area contributed by atoms with Crippen molar-refractivity contribution < 1.29 is 5.11 Å². The van der Waals surface area contributed by atoms with Gasteiger partial charge in [0.1, 0.15) is 0 Å². The third kappa shape index (κ3) is 3.55. The second kappa shape index (κ2) is 6.17. The molecule has 1 aromatic carbocycles. The number of hydrogen-bond donors (Lipinski definition) is 3. The molecule has 19 heavy (non-hydrogen) atoms. The first-order valence-electron chi connectivity index (χ1n) is 6.88. The van der Waals surface area contributed by atoms with Crippen molar-refractivity contribution in [1.82, 2.24) is 4.90 Å². The number of aliphatic hydroxyl groups is 1. The number of nitrogens with zero attached hydrogens (tertiary/aromatic N) is 1. The summed E-state index contributed by atoms with van der Waals surface area (Å²) in [5, 5.41) is 17.6. The molecule has 2 rings (SSSR count). The normalized spacial score (nSPS) is 26.0. The quantitative estimate of drug-likeness (QED) is 0.571. The van der Waals surface area contributed by atoms with Gasteiger partial charge in [0.25, 0.3) is 0 Å². The maximum Gasteiger partial charge on any atom is 0.0924 e. The molecule has 3 unspecified atom stereocenters. The van der Waals surface area contributed by atoms with E-state index in [1.807, 2.05) is 18.2 Å². The van der Waals surface area contributed by atoms with Gasteiger partial charge in [-0.05, 0) is 24.4 Å². The van der Waals surface area contributed by atoms with Crippen molar-refractivity contribution in [2.45, 2.75) is 31.9 Å². The lowest BCUT2D eigenvalue weighted by molar-refractivity contribution is 0.0106. The third-order valence-corrected chi connectivity index (χ3v) is 3.99.